The van der Waals surface area contributed by atoms with E-state index in [0.29, 0.717) is 15.4 Å². The molecule has 2 aromatic rings. The third-order valence-corrected chi connectivity index (χ3v) is 2.72. The summed E-state index contributed by atoms with van der Waals surface area (Å²) in [6.07, 6.45) is 0. The van der Waals surface area contributed by atoms with Gasteiger partial charge in [0.05, 0.1) is 5.52 Å². The van der Waals surface area contributed by atoms with Crippen LogP contribution in [-0.2, 0) is 7.05 Å². The van der Waals surface area contributed by atoms with Crippen molar-refractivity contribution in [1.29, 1.82) is 0 Å². The first-order chi connectivity index (χ1) is 7.00. The summed E-state index contributed by atoms with van der Waals surface area (Å²) in [5, 5.41) is 9.44. The van der Waals surface area contributed by atoms with Gasteiger partial charge in [0.2, 0.25) is 0 Å². The molecule has 0 aliphatic carbocycles. The highest BCUT2D eigenvalue weighted by molar-refractivity contribution is 9.10. The summed E-state index contributed by atoms with van der Waals surface area (Å²) < 4.78 is 15.5. The first kappa shape index (κ1) is 10.2. The van der Waals surface area contributed by atoms with E-state index in [1.165, 1.54) is 23.7 Å². The van der Waals surface area contributed by atoms with Gasteiger partial charge in [-0.25, -0.2) is 9.18 Å². The average Bonchev–Trinajstić information content (AvgIpc) is 2.42. The van der Waals surface area contributed by atoms with Crippen LogP contribution in [0.2, 0.25) is 0 Å². The predicted molar refractivity (Wildman–Crippen MR) is 57.5 cm³/mol. The number of benzene rings is 1. The van der Waals surface area contributed by atoms with Gasteiger partial charge < -0.3 is 9.67 Å². The molecule has 0 bridgehead atoms. The van der Waals surface area contributed by atoms with E-state index in [1.807, 2.05) is 0 Å². The van der Waals surface area contributed by atoms with Gasteiger partial charge in [-0.3, -0.25) is 0 Å². The SMILES string of the molecule is Cn1c(C(=O)O)cc2cc(Br)cc(F)c21. The molecule has 78 valence electrons. The summed E-state index contributed by atoms with van der Waals surface area (Å²) in [6.45, 7) is 0. The maximum absolute atomic E-state index is 13.5. The van der Waals surface area contributed by atoms with E-state index in [1.54, 1.807) is 6.07 Å². The first-order valence-electron chi connectivity index (χ1n) is 4.18. The molecule has 15 heavy (non-hydrogen) atoms. The summed E-state index contributed by atoms with van der Waals surface area (Å²) >= 11 is 3.16. The standard InChI is InChI=1S/C10H7BrFNO2/c1-13-8(10(14)15)3-5-2-6(11)4-7(12)9(5)13/h2-4H,1H3,(H,14,15). The maximum atomic E-state index is 13.5. The molecule has 1 aromatic heterocycles. The van der Waals surface area contributed by atoms with E-state index in [4.69, 9.17) is 5.11 Å². The van der Waals surface area contributed by atoms with Crippen LogP contribution in [0.25, 0.3) is 10.9 Å². The molecular weight excluding hydrogens is 265 g/mol. The molecule has 1 N–H and O–H groups in total. The normalized spacial score (nSPS) is 10.9. The van der Waals surface area contributed by atoms with Gasteiger partial charge in [0.25, 0.3) is 0 Å². The van der Waals surface area contributed by atoms with Crippen molar-refractivity contribution < 1.29 is 14.3 Å². The Kier molecular flexibility index (Phi) is 2.26. The van der Waals surface area contributed by atoms with Crippen molar-refractivity contribution >= 4 is 32.8 Å². The zero-order valence-corrected chi connectivity index (χ0v) is 9.38. The minimum Gasteiger partial charge on any atom is -0.477 e. The number of aromatic nitrogens is 1. The number of hydrogen-bond donors (Lipinski definition) is 1. The van der Waals surface area contributed by atoms with E-state index in [0.717, 1.165) is 0 Å². The van der Waals surface area contributed by atoms with Gasteiger partial charge in [-0.15, -0.1) is 0 Å². The number of aromatic carboxylic acids is 1. The highest BCUT2D eigenvalue weighted by atomic mass is 79.9. The molecule has 0 fully saturated rings. The van der Waals surface area contributed by atoms with E-state index in [2.05, 4.69) is 15.9 Å². The molecule has 0 saturated heterocycles. The minimum absolute atomic E-state index is 0.0713. The fraction of sp³-hybridized carbons (Fsp3) is 0.100. The van der Waals surface area contributed by atoms with Crippen molar-refractivity contribution in [3.05, 3.63) is 34.2 Å². The monoisotopic (exact) mass is 271 g/mol. The van der Waals surface area contributed by atoms with Crippen molar-refractivity contribution in [3.8, 4) is 0 Å². The van der Waals surface area contributed by atoms with E-state index >= 15 is 0 Å². The molecule has 5 heteroatoms. The topological polar surface area (TPSA) is 42.2 Å². The summed E-state index contributed by atoms with van der Waals surface area (Å²) in [6, 6.07) is 4.45. The molecule has 0 aliphatic heterocycles. The average molecular weight is 272 g/mol. The number of rotatable bonds is 1. The van der Waals surface area contributed by atoms with Crippen LogP contribution in [0.5, 0.6) is 0 Å². The highest BCUT2D eigenvalue weighted by Gasteiger charge is 2.15. The Balaban J connectivity index is 2.88. The summed E-state index contributed by atoms with van der Waals surface area (Å²) in [5.41, 5.74) is 0.373. The van der Waals surface area contributed by atoms with E-state index in [9.17, 15) is 9.18 Å². The fourth-order valence-corrected chi connectivity index (χ4v) is 2.07. The van der Waals surface area contributed by atoms with E-state index < -0.39 is 11.8 Å². The number of hydrogen-bond acceptors (Lipinski definition) is 1. The van der Waals surface area contributed by atoms with Gasteiger partial charge in [-0.2, -0.15) is 0 Å². The second kappa shape index (κ2) is 3.34. The zero-order chi connectivity index (χ0) is 11.2. The van der Waals surface area contributed by atoms with Gasteiger partial charge in [0, 0.05) is 16.9 Å². The van der Waals surface area contributed by atoms with Crippen LogP contribution in [0, 0.1) is 5.82 Å². The summed E-state index contributed by atoms with van der Waals surface area (Å²) in [7, 11) is 1.53. The number of aryl methyl sites for hydroxylation is 1. The predicted octanol–water partition coefficient (Wildman–Crippen LogP) is 2.78. The third-order valence-electron chi connectivity index (χ3n) is 2.27. The van der Waals surface area contributed by atoms with Gasteiger partial charge in [-0.05, 0) is 18.2 Å². The molecule has 2 rings (SSSR count). The molecule has 1 heterocycles. The Morgan fingerprint density at radius 2 is 2.13 bits per heavy atom. The fourth-order valence-electron chi connectivity index (χ4n) is 1.62. The highest BCUT2D eigenvalue weighted by Crippen LogP contribution is 2.25. The Labute approximate surface area is 93.3 Å². The lowest BCUT2D eigenvalue weighted by molar-refractivity contribution is 0.0687. The van der Waals surface area contributed by atoms with Crippen LogP contribution in [0.1, 0.15) is 10.5 Å². The van der Waals surface area contributed by atoms with Crippen molar-refractivity contribution in [2.75, 3.05) is 0 Å². The number of carboxylic acid groups (broad SMARTS) is 1. The molecule has 0 unspecified atom stereocenters. The van der Waals surface area contributed by atoms with Crippen molar-refractivity contribution in [2.24, 2.45) is 7.05 Å². The molecule has 0 saturated carbocycles. The van der Waals surface area contributed by atoms with Gasteiger partial charge >= 0.3 is 5.97 Å². The summed E-state index contributed by atoms with van der Waals surface area (Å²) in [4.78, 5) is 10.8. The van der Waals surface area contributed by atoms with E-state index in [-0.39, 0.29) is 5.69 Å². The van der Waals surface area contributed by atoms with Gasteiger partial charge in [0.1, 0.15) is 11.5 Å². The van der Waals surface area contributed by atoms with Gasteiger partial charge in [0.15, 0.2) is 0 Å². The molecule has 0 atom stereocenters. The van der Waals surface area contributed by atoms with Crippen molar-refractivity contribution in [3.63, 3.8) is 0 Å². The smallest absolute Gasteiger partial charge is 0.352 e. The number of carbonyl (C=O) groups is 1. The first-order valence-corrected chi connectivity index (χ1v) is 4.98. The number of nitrogens with zero attached hydrogens (tertiary/aromatic N) is 1. The van der Waals surface area contributed by atoms with Crippen LogP contribution >= 0.6 is 15.9 Å². The lowest BCUT2D eigenvalue weighted by Crippen LogP contribution is -2.04. The molecule has 0 radical (unpaired) electrons. The maximum Gasteiger partial charge on any atom is 0.352 e. The van der Waals surface area contributed by atoms with Crippen molar-refractivity contribution in [1.82, 2.24) is 4.57 Å². The Morgan fingerprint density at radius 3 is 2.73 bits per heavy atom. The van der Waals surface area contributed by atoms with Crippen LogP contribution in [0.15, 0.2) is 22.7 Å². The molecule has 0 amide bonds. The van der Waals surface area contributed by atoms with Crippen molar-refractivity contribution in [2.45, 2.75) is 0 Å². The molecule has 0 spiro atoms. The van der Waals surface area contributed by atoms with Crippen LogP contribution in [0.4, 0.5) is 4.39 Å². The largest absolute Gasteiger partial charge is 0.477 e. The van der Waals surface area contributed by atoms with Crippen LogP contribution < -0.4 is 0 Å². The quantitative estimate of drug-likeness (QED) is 0.867. The number of carboxylic acids is 1. The number of fused-ring (bicyclic) bond motifs is 1. The van der Waals surface area contributed by atoms with Gasteiger partial charge in [-0.1, -0.05) is 15.9 Å². The molecule has 3 nitrogen and oxygen atoms in total. The second-order valence-electron chi connectivity index (χ2n) is 3.22. The Bertz CT molecular complexity index is 562. The Hall–Kier alpha value is -1.36. The molecular formula is C10H7BrFNO2. The Morgan fingerprint density at radius 1 is 1.47 bits per heavy atom. The lowest BCUT2D eigenvalue weighted by atomic mass is 10.2. The third kappa shape index (κ3) is 1.52. The van der Waals surface area contributed by atoms with Crippen LogP contribution in [-0.4, -0.2) is 15.6 Å². The lowest BCUT2D eigenvalue weighted by Gasteiger charge is -2.00. The minimum atomic E-state index is -1.07. The molecule has 1 aromatic carbocycles. The molecule has 0 aliphatic rings. The number of halogens is 2. The second-order valence-corrected chi connectivity index (χ2v) is 4.13. The van der Waals surface area contributed by atoms with Crippen LogP contribution in [0.3, 0.4) is 0 Å². The zero-order valence-electron chi connectivity index (χ0n) is 7.79. The summed E-state index contributed by atoms with van der Waals surface area (Å²) in [5.74, 6) is -1.50.